The van der Waals surface area contributed by atoms with Gasteiger partial charge in [-0.25, -0.2) is 0 Å². The van der Waals surface area contributed by atoms with Crippen LogP contribution in [0.5, 0.6) is 0 Å². The number of rotatable bonds is 3. The highest BCUT2D eigenvalue weighted by molar-refractivity contribution is 5.83. The largest absolute Gasteiger partial charge is 0.328 e. The maximum absolute atomic E-state index is 12.4. The van der Waals surface area contributed by atoms with Gasteiger partial charge in [0.25, 0.3) is 0 Å². The third-order valence-electron chi connectivity index (χ3n) is 4.71. The molecule has 0 unspecified atom stereocenters. The van der Waals surface area contributed by atoms with E-state index in [0.29, 0.717) is 29.7 Å². The van der Waals surface area contributed by atoms with Gasteiger partial charge in [-0.3, -0.25) is 4.79 Å². The molecule has 0 aromatic carbocycles. The number of nitrogens with one attached hydrogen (secondary N) is 1. The van der Waals surface area contributed by atoms with E-state index in [0.717, 1.165) is 38.5 Å². The van der Waals surface area contributed by atoms with Gasteiger partial charge in [0.05, 0.1) is 0 Å². The summed E-state index contributed by atoms with van der Waals surface area (Å²) in [4.78, 5) is 12.4. The van der Waals surface area contributed by atoms with Crippen LogP contribution >= 0.6 is 0 Å². The van der Waals surface area contributed by atoms with Crippen LogP contribution in [0.1, 0.15) is 51.4 Å². The van der Waals surface area contributed by atoms with Crippen LogP contribution in [0.3, 0.4) is 0 Å². The summed E-state index contributed by atoms with van der Waals surface area (Å²) < 4.78 is 0. The highest BCUT2D eigenvalue weighted by atomic mass is 16.1. The van der Waals surface area contributed by atoms with Crippen molar-refractivity contribution in [3.05, 3.63) is 0 Å². The molecule has 0 aromatic heterocycles. The molecular formula is C14H26N2O. The van der Waals surface area contributed by atoms with E-state index in [4.69, 9.17) is 5.73 Å². The molecule has 2 fully saturated rings. The Hall–Kier alpha value is -0.410. The van der Waals surface area contributed by atoms with Crippen molar-refractivity contribution in [3.8, 4) is 0 Å². The van der Waals surface area contributed by atoms with Gasteiger partial charge in [0, 0.05) is 23.9 Å². The van der Waals surface area contributed by atoms with Gasteiger partial charge in [0.2, 0.25) is 0 Å². The first-order valence-electron chi connectivity index (χ1n) is 7.17. The first kappa shape index (κ1) is 13.0. The van der Waals surface area contributed by atoms with E-state index in [-0.39, 0.29) is 0 Å². The summed E-state index contributed by atoms with van der Waals surface area (Å²) in [6.45, 7) is 0. The zero-order valence-corrected chi connectivity index (χ0v) is 11.0. The molecule has 2 aliphatic carbocycles. The molecule has 2 saturated carbocycles. The monoisotopic (exact) mass is 238 g/mol. The molecule has 98 valence electrons. The third kappa shape index (κ3) is 3.29. The van der Waals surface area contributed by atoms with Gasteiger partial charge in [0.15, 0.2) is 0 Å². The van der Waals surface area contributed by atoms with Crippen molar-refractivity contribution in [2.24, 2.45) is 17.6 Å². The molecule has 0 bridgehead atoms. The normalized spacial score (nSPS) is 38.9. The Balaban J connectivity index is 1.80. The zero-order valence-electron chi connectivity index (χ0n) is 11.0. The lowest BCUT2D eigenvalue weighted by Gasteiger charge is -2.32. The Morgan fingerprint density at radius 3 is 1.88 bits per heavy atom. The van der Waals surface area contributed by atoms with Crippen molar-refractivity contribution < 1.29 is 4.79 Å². The highest BCUT2D eigenvalue weighted by Crippen LogP contribution is 2.32. The predicted molar refractivity (Wildman–Crippen MR) is 69.7 cm³/mol. The second-order valence-electron chi connectivity index (χ2n) is 5.85. The second kappa shape index (κ2) is 5.96. The van der Waals surface area contributed by atoms with Crippen LogP contribution in [0.25, 0.3) is 0 Å². The molecule has 0 atom stereocenters. The first-order valence-corrected chi connectivity index (χ1v) is 7.17. The molecule has 0 radical (unpaired) electrons. The van der Waals surface area contributed by atoms with Gasteiger partial charge in [0.1, 0.15) is 5.78 Å². The van der Waals surface area contributed by atoms with Crippen molar-refractivity contribution >= 4 is 5.78 Å². The molecular weight excluding hydrogens is 212 g/mol. The molecule has 3 N–H and O–H groups in total. The number of carbonyl (C=O) groups is 1. The van der Waals surface area contributed by atoms with E-state index in [1.807, 2.05) is 7.05 Å². The van der Waals surface area contributed by atoms with Crippen molar-refractivity contribution in [1.82, 2.24) is 5.32 Å². The smallest absolute Gasteiger partial charge is 0.139 e. The Bertz CT molecular complexity index is 251. The number of carbonyl (C=O) groups excluding carboxylic acids is 1. The highest BCUT2D eigenvalue weighted by Gasteiger charge is 2.32. The Morgan fingerprint density at radius 1 is 0.941 bits per heavy atom. The summed E-state index contributed by atoms with van der Waals surface area (Å²) in [7, 11) is 2.02. The van der Waals surface area contributed by atoms with Crippen molar-refractivity contribution in [1.29, 1.82) is 0 Å². The van der Waals surface area contributed by atoms with Crippen LogP contribution < -0.4 is 11.1 Å². The first-order chi connectivity index (χ1) is 8.20. The number of ketones is 1. The fourth-order valence-electron chi connectivity index (χ4n) is 3.40. The molecule has 0 aromatic rings. The van der Waals surface area contributed by atoms with Gasteiger partial charge in [-0.1, -0.05) is 0 Å². The summed E-state index contributed by atoms with van der Waals surface area (Å²) in [6, 6.07) is 0.984. The van der Waals surface area contributed by atoms with Crippen LogP contribution in [-0.2, 0) is 4.79 Å². The molecule has 0 heterocycles. The van der Waals surface area contributed by atoms with Gasteiger partial charge in [-0.2, -0.15) is 0 Å². The van der Waals surface area contributed by atoms with Crippen LogP contribution in [0.15, 0.2) is 0 Å². The second-order valence-corrected chi connectivity index (χ2v) is 5.85. The molecule has 0 saturated heterocycles. The van der Waals surface area contributed by atoms with Gasteiger partial charge >= 0.3 is 0 Å². The Kier molecular flexibility index (Phi) is 4.57. The summed E-state index contributed by atoms with van der Waals surface area (Å²) in [6.07, 6.45) is 8.67. The Morgan fingerprint density at radius 2 is 1.41 bits per heavy atom. The van der Waals surface area contributed by atoms with E-state index < -0.39 is 0 Å². The average Bonchev–Trinajstić information content (AvgIpc) is 2.39. The minimum atomic E-state index is 0.325. The molecule has 3 heteroatoms. The van der Waals surface area contributed by atoms with E-state index in [1.165, 1.54) is 12.8 Å². The zero-order chi connectivity index (χ0) is 12.3. The lowest BCUT2D eigenvalue weighted by atomic mass is 9.75. The summed E-state index contributed by atoms with van der Waals surface area (Å²) >= 11 is 0. The number of Topliss-reactive ketones (excluding diaryl/α,β-unsaturated/α-hetero) is 1. The third-order valence-corrected chi connectivity index (χ3v) is 4.71. The molecule has 0 amide bonds. The predicted octanol–water partition coefficient (Wildman–Crippen LogP) is 1.85. The van der Waals surface area contributed by atoms with E-state index in [9.17, 15) is 4.79 Å². The molecule has 17 heavy (non-hydrogen) atoms. The molecule has 3 nitrogen and oxygen atoms in total. The lowest BCUT2D eigenvalue weighted by molar-refractivity contribution is -0.128. The SMILES string of the molecule is CNC1CCC(C(=O)C2CCC(N)CC2)CC1. The van der Waals surface area contributed by atoms with E-state index >= 15 is 0 Å². The molecule has 2 aliphatic rings. The van der Waals surface area contributed by atoms with E-state index in [2.05, 4.69) is 5.32 Å². The van der Waals surface area contributed by atoms with Crippen molar-refractivity contribution in [2.75, 3.05) is 7.05 Å². The lowest BCUT2D eigenvalue weighted by Crippen LogP contribution is -2.36. The average molecular weight is 238 g/mol. The minimum Gasteiger partial charge on any atom is -0.328 e. The summed E-state index contributed by atoms with van der Waals surface area (Å²) in [5, 5.41) is 3.32. The standard InChI is InChI=1S/C14H26N2O/c1-16-13-8-4-11(5-9-13)14(17)10-2-6-12(15)7-3-10/h10-13,16H,2-9,15H2,1H3. The number of hydrogen-bond donors (Lipinski definition) is 2. The van der Waals surface area contributed by atoms with Crippen LogP contribution in [0.2, 0.25) is 0 Å². The fraction of sp³-hybridized carbons (Fsp3) is 0.929. The summed E-state index contributed by atoms with van der Waals surface area (Å²) in [5.41, 5.74) is 5.89. The van der Waals surface area contributed by atoms with E-state index in [1.54, 1.807) is 0 Å². The quantitative estimate of drug-likeness (QED) is 0.789. The molecule has 2 rings (SSSR count). The molecule has 0 aliphatic heterocycles. The van der Waals surface area contributed by atoms with Crippen LogP contribution in [-0.4, -0.2) is 24.9 Å². The van der Waals surface area contributed by atoms with Gasteiger partial charge in [-0.15, -0.1) is 0 Å². The topological polar surface area (TPSA) is 55.1 Å². The van der Waals surface area contributed by atoms with Crippen molar-refractivity contribution in [3.63, 3.8) is 0 Å². The maximum atomic E-state index is 12.4. The summed E-state index contributed by atoms with van der Waals surface area (Å²) in [5.74, 6) is 1.22. The van der Waals surface area contributed by atoms with Gasteiger partial charge in [-0.05, 0) is 58.4 Å². The maximum Gasteiger partial charge on any atom is 0.139 e. The fourth-order valence-corrected chi connectivity index (χ4v) is 3.40. The Labute approximate surface area is 105 Å². The minimum absolute atomic E-state index is 0.325. The van der Waals surface area contributed by atoms with Crippen LogP contribution in [0, 0.1) is 11.8 Å². The number of nitrogens with two attached hydrogens (primary N) is 1. The van der Waals surface area contributed by atoms with Crippen LogP contribution in [0.4, 0.5) is 0 Å². The van der Waals surface area contributed by atoms with Crippen molar-refractivity contribution in [2.45, 2.75) is 63.5 Å². The van der Waals surface area contributed by atoms with Gasteiger partial charge < -0.3 is 11.1 Å². The molecule has 0 spiro atoms. The number of hydrogen-bond acceptors (Lipinski definition) is 3.